The monoisotopic (exact) mass is 502 g/mol. The van der Waals surface area contributed by atoms with Crippen LogP contribution in [0.1, 0.15) is 136 Å². The third-order valence-corrected chi connectivity index (χ3v) is 7.11. The van der Waals surface area contributed by atoms with Crippen molar-refractivity contribution in [2.45, 2.75) is 173 Å². The van der Waals surface area contributed by atoms with Crippen LogP contribution in [-0.4, -0.2) is 63.2 Å². The Morgan fingerprint density at radius 1 is 0.800 bits per heavy atom. The van der Waals surface area contributed by atoms with E-state index in [0.29, 0.717) is 12.8 Å². The molecule has 1 heterocycles. The molecule has 0 bridgehead atoms. The van der Waals surface area contributed by atoms with Crippen LogP contribution in [0.3, 0.4) is 0 Å². The standard InChI is InChI=1S/C28H54O7/c1-22(34-28-26(31)21-25(30)23(2)35-28)18-16-14-12-10-8-6-4-3-5-7-9-11-13-15-17-19-24(29)20-27(32)33/h22-26,28-31H,3-21H2,1-2H3,(H,32,33). The summed E-state index contributed by atoms with van der Waals surface area (Å²) in [6, 6.07) is 0. The fourth-order valence-corrected chi connectivity index (χ4v) is 4.78. The van der Waals surface area contributed by atoms with Gasteiger partial charge in [-0.25, -0.2) is 0 Å². The van der Waals surface area contributed by atoms with Gasteiger partial charge in [-0.3, -0.25) is 4.79 Å². The van der Waals surface area contributed by atoms with E-state index < -0.39 is 30.6 Å². The molecule has 4 N–H and O–H groups in total. The lowest BCUT2D eigenvalue weighted by Gasteiger charge is -2.36. The minimum atomic E-state index is -0.921. The molecular formula is C28H54O7. The van der Waals surface area contributed by atoms with E-state index in [1.807, 2.05) is 13.8 Å². The molecule has 7 nitrogen and oxygen atoms in total. The lowest BCUT2D eigenvalue weighted by Crippen LogP contribution is -2.48. The topological polar surface area (TPSA) is 116 Å². The highest BCUT2D eigenvalue weighted by Gasteiger charge is 2.35. The second-order valence-corrected chi connectivity index (χ2v) is 10.7. The van der Waals surface area contributed by atoms with Crippen LogP contribution < -0.4 is 0 Å². The molecule has 0 radical (unpaired) electrons. The summed E-state index contributed by atoms with van der Waals surface area (Å²) < 4.78 is 11.4. The summed E-state index contributed by atoms with van der Waals surface area (Å²) in [6.45, 7) is 3.84. The van der Waals surface area contributed by atoms with Gasteiger partial charge in [0.15, 0.2) is 6.29 Å². The summed E-state index contributed by atoms with van der Waals surface area (Å²) in [7, 11) is 0. The van der Waals surface area contributed by atoms with Crippen LogP contribution >= 0.6 is 0 Å². The Morgan fingerprint density at radius 2 is 1.23 bits per heavy atom. The molecule has 0 aromatic carbocycles. The minimum absolute atomic E-state index is 0.0498. The number of unbranched alkanes of at least 4 members (excludes halogenated alkanes) is 14. The first-order valence-electron chi connectivity index (χ1n) is 14.4. The molecule has 1 saturated heterocycles. The van der Waals surface area contributed by atoms with Crippen LogP contribution in [0.15, 0.2) is 0 Å². The van der Waals surface area contributed by atoms with Crippen LogP contribution in [0.25, 0.3) is 0 Å². The molecule has 0 spiro atoms. The molecular weight excluding hydrogens is 448 g/mol. The van der Waals surface area contributed by atoms with Crippen LogP contribution in [0, 0.1) is 0 Å². The first-order chi connectivity index (χ1) is 16.8. The number of hydrogen-bond acceptors (Lipinski definition) is 6. The molecule has 6 unspecified atom stereocenters. The average Bonchev–Trinajstić information content (AvgIpc) is 2.79. The Balaban J connectivity index is 1.80. The number of carbonyl (C=O) groups is 1. The SMILES string of the molecule is CC(CCCCCCCCCCCCCCCCCC(O)CC(=O)O)OC1OC(C)C(O)CC1O. The minimum Gasteiger partial charge on any atom is -0.481 e. The highest BCUT2D eigenvalue weighted by molar-refractivity contribution is 5.67. The number of carboxylic acid groups (broad SMARTS) is 1. The van der Waals surface area contributed by atoms with Gasteiger partial charge < -0.3 is 29.9 Å². The number of aliphatic carboxylic acids is 1. The molecule has 1 aliphatic rings. The van der Waals surface area contributed by atoms with E-state index in [2.05, 4.69) is 0 Å². The van der Waals surface area contributed by atoms with Crippen molar-refractivity contribution in [1.29, 1.82) is 0 Å². The largest absolute Gasteiger partial charge is 0.481 e. The van der Waals surface area contributed by atoms with E-state index in [4.69, 9.17) is 14.6 Å². The molecule has 0 amide bonds. The Morgan fingerprint density at radius 3 is 1.69 bits per heavy atom. The van der Waals surface area contributed by atoms with Crippen molar-refractivity contribution in [1.82, 2.24) is 0 Å². The lowest BCUT2D eigenvalue weighted by atomic mass is 10.0. The lowest BCUT2D eigenvalue weighted by molar-refractivity contribution is -0.273. The predicted octanol–water partition coefficient (Wildman–Crippen LogP) is 5.72. The Hall–Kier alpha value is -0.730. The van der Waals surface area contributed by atoms with Gasteiger partial charge in [-0.15, -0.1) is 0 Å². The Bertz CT molecular complexity index is 516. The van der Waals surface area contributed by atoms with Crippen molar-refractivity contribution in [2.24, 2.45) is 0 Å². The van der Waals surface area contributed by atoms with E-state index in [1.165, 1.54) is 77.0 Å². The predicted molar refractivity (Wildman–Crippen MR) is 138 cm³/mol. The fourth-order valence-electron chi connectivity index (χ4n) is 4.78. The summed E-state index contributed by atoms with van der Waals surface area (Å²) in [4.78, 5) is 10.5. The van der Waals surface area contributed by atoms with Crippen molar-refractivity contribution >= 4 is 5.97 Å². The zero-order valence-electron chi connectivity index (χ0n) is 22.4. The van der Waals surface area contributed by atoms with Gasteiger partial charge in [0.05, 0.1) is 30.8 Å². The summed E-state index contributed by atoms with van der Waals surface area (Å²) in [5.74, 6) is -0.921. The molecule has 35 heavy (non-hydrogen) atoms. The van der Waals surface area contributed by atoms with Gasteiger partial charge in [0.2, 0.25) is 0 Å². The maximum Gasteiger partial charge on any atom is 0.305 e. The van der Waals surface area contributed by atoms with Gasteiger partial charge in [0.1, 0.15) is 6.10 Å². The number of aliphatic hydroxyl groups is 3. The number of aliphatic hydroxyl groups excluding tert-OH is 3. The first kappa shape index (κ1) is 32.3. The van der Waals surface area contributed by atoms with E-state index in [1.54, 1.807) is 0 Å². The van der Waals surface area contributed by atoms with E-state index >= 15 is 0 Å². The summed E-state index contributed by atoms with van der Waals surface area (Å²) in [6.07, 6.45) is 17.4. The highest BCUT2D eigenvalue weighted by Crippen LogP contribution is 2.23. The number of rotatable bonds is 22. The number of hydrogen-bond donors (Lipinski definition) is 4. The Kier molecular flexibility index (Phi) is 18.8. The smallest absolute Gasteiger partial charge is 0.305 e. The second kappa shape index (κ2) is 20.3. The normalized spacial score (nSPS) is 24.4. The second-order valence-electron chi connectivity index (χ2n) is 10.7. The first-order valence-corrected chi connectivity index (χ1v) is 14.4. The molecule has 208 valence electrons. The third-order valence-electron chi connectivity index (χ3n) is 7.11. The van der Waals surface area contributed by atoms with Crippen LogP contribution in [-0.2, 0) is 14.3 Å². The van der Waals surface area contributed by atoms with Crippen molar-refractivity contribution in [3.8, 4) is 0 Å². The molecule has 0 aromatic rings. The van der Waals surface area contributed by atoms with Crippen molar-refractivity contribution in [3.63, 3.8) is 0 Å². The van der Waals surface area contributed by atoms with Gasteiger partial charge in [0, 0.05) is 6.42 Å². The molecule has 6 atom stereocenters. The van der Waals surface area contributed by atoms with Crippen molar-refractivity contribution < 1.29 is 34.7 Å². The van der Waals surface area contributed by atoms with Gasteiger partial charge in [-0.2, -0.15) is 0 Å². The number of carboxylic acids is 1. The zero-order chi connectivity index (χ0) is 25.9. The van der Waals surface area contributed by atoms with Crippen LogP contribution in [0.4, 0.5) is 0 Å². The van der Waals surface area contributed by atoms with E-state index in [-0.39, 0.29) is 18.6 Å². The quantitative estimate of drug-likeness (QED) is 0.140. The molecule has 1 fully saturated rings. The summed E-state index contributed by atoms with van der Waals surface area (Å²) >= 11 is 0. The summed E-state index contributed by atoms with van der Waals surface area (Å²) in [5, 5.41) is 37.9. The molecule has 7 heteroatoms. The van der Waals surface area contributed by atoms with Crippen LogP contribution in [0.2, 0.25) is 0 Å². The number of ether oxygens (including phenoxy) is 2. The fraction of sp³-hybridized carbons (Fsp3) is 0.964. The maximum absolute atomic E-state index is 10.5. The van der Waals surface area contributed by atoms with E-state index in [0.717, 1.165) is 25.7 Å². The maximum atomic E-state index is 10.5. The van der Waals surface area contributed by atoms with Crippen LogP contribution in [0.5, 0.6) is 0 Å². The van der Waals surface area contributed by atoms with Crippen molar-refractivity contribution in [2.75, 3.05) is 0 Å². The summed E-state index contributed by atoms with van der Waals surface area (Å²) in [5.41, 5.74) is 0. The van der Waals surface area contributed by atoms with Gasteiger partial charge in [-0.05, 0) is 26.7 Å². The van der Waals surface area contributed by atoms with Gasteiger partial charge >= 0.3 is 5.97 Å². The van der Waals surface area contributed by atoms with Gasteiger partial charge in [0.25, 0.3) is 0 Å². The van der Waals surface area contributed by atoms with Gasteiger partial charge in [-0.1, -0.05) is 96.3 Å². The third kappa shape index (κ3) is 17.4. The van der Waals surface area contributed by atoms with Crippen molar-refractivity contribution in [3.05, 3.63) is 0 Å². The molecule has 0 saturated carbocycles. The highest BCUT2D eigenvalue weighted by atomic mass is 16.7. The molecule has 1 rings (SSSR count). The Labute approximate surface area is 213 Å². The molecule has 1 aliphatic heterocycles. The average molecular weight is 503 g/mol. The molecule has 0 aromatic heterocycles. The zero-order valence-corrected chi connectivity index (χ0v) is 22.4. The van der Waals surface area contributed by atoms with E-state index in [9.17, 15) is 20.1 Å². The molecule has 0 aliphatic carbocycles.